The van der Waals surface area contributed by atoms with E-state index in [9.17, 15) is 13.9 Å². The summed E-state index contributed by atoms with van der Waals surface area (Å²) < 4.78 is 37.9. The highest BCUT2D eigenvalue weighted by Gasteiger charge is 2.22. The Labute approximate surface area is 211 Å². The first kappa shape index (κ1) is 23.4. The molecule has 190 valence electrons. The number of ether oxygens (including phenoxy) is 1. The monoisotopic (exact) mass is 505 g/mol. The number of H-pyrrole nitrogens is 1. The molecule has 10 heteroatoms. The molecule has 2 N–H and O–H groups in total. The number of benzene rings is 3. The second-order valence-electron chi connectivity index (χ2n) is 9.19. The van der Waals surface area contributed by atoms with Crippen molar-refractivity contribution in [3.8, 4) is 17.0 Å². The van der Waals surface area contributed by atoms with E-state index in [4.69, 9.17) is 9.26 Å². The molecule has 2 aromatic heterocycles. The Bertz CT molecular complexity index is 1530. The van der Waals surface area contributed by atoms with E-state index in [0.29, 0.717) is 29.1 Å². The van der Waals surface area contributed by atoms with E-state index in [1.54, 1.807) is 12.1 Å². The van der Waals surface area contributed by atoms with Crippen LogP contribution in [0.25, 0.3) is 33.1 Å². The number of rotatable bonds is 7. The first-order valence-electron chi connectivity index (χ1n) is 12.1. The maximum absolute atomic E-state index is 13.5. The molecule has 1 aliphatic heterocycles. The van der Waals surface area contributed by atoms with Crippen LogP contribution in [-0.2, 0) is 0 Å². The summed E-state index contributed by atoms with van der Waals surface area (Å²) in [6, 6.07) is 16.3. The third kappa shape index (κ3) is 4.85. The first-order valence-corrected chi connectivity index (χ1v) is 12.1. The van der Waals surface area contributed by atoms with Crippen molar-refractivity contribution in [2.24, 2.45) is 0 Å². The lowest BCUT2D eigenvalue weighted by Crippen LogP contribution is -2.49. The Morgan fingerprint density at radius 2 is 1.68 bits per heavy atom. The lowest BCUT2D eigenvalue weighted by Gasteiger charge is -2.35. The van der Waals surface area contributed by atoms with Crippen molar-refractivity contribution >= 4 is 27.7 Å². The fraction of sp³-hybridized carbons (Fsp3) is 0.259. The zero-order chi connectivity index (χ0) is 25.4. The summed E-state index contributed by atoms with van der Waals surface area (Å²) in [4.78, 5) is 4.37. The van der Waals surface area contributed by atoms with Gasteiger partial charge in [0.15, 0.2) is 11.4 Å². The average Bonchev–Trinajstić information content (AvgIpc) is 3.52. The molecular formula is C27H25F2N5O3. The molecule has 0 radical (unpaired) electrons. The van der Waals surface area contributed by atoms with Gasteiger partial charge in [-0.15, -0.1) is 0 Å². The molecule has 8 nitrogen and oxygen atoms in total. The van der Waals surface area contributed by atoms with E-state index < -0.39 is 6.10 Å². The lowest BCUT2D eigenvalue weighted by atomic mass is 10.1. The number of anilines is 1. The van der Waals surface area contributed by atoms with Crippen molar-refractivity contribution < 1.29 is 23.1 Å². The van der Waals surface area contributed by atoms with Gasteiger partial charge in [0.2, 0.25) is 0 Å². The predicted molar refractivity (Wildman–Crippen MR) is 136 cm³/mol. The molecule has 0 saturated carbocycles. The van der Waals surface area contributed by atoms with Gasteiger partial charge >= 0.3 is 0 Å². The van der Waals surface area contributed by atoms with Crippen LogP contribution in [0.5, 0.6) is 5.75 Å². The van der Waals surface area contributed by atoms with E-state index in [1.165, 1.54) is 24.3 Å². The number of piperazine rings is 1. The fourth-order valence-electron chi connectivity index (χ4n) is 4.73. The van der Waals surface area contributed by atoms with Gasteiger partial charge < -0.3 is 19.3 Å². The third-order valence-corrected chi connectivity index (χ3v) is 6.65. The maximum atomic E-state index is 13.5. The first-order chi connectivity index (χ1) is 18.0. The van der Waals surface area contributed by atoms with E-state index >= 15 is 0 Å². The van der Waals surface area contributed by atoms with Gasteiger partial charge in [0.25, 0.3) is 0 Å². The Hall–Kier alpha value is -4.02. The van der Waals surface area contributed by atoms with Crippen molar-refractivity contribution in [2.75, 3.05) is 44.2 Å². The molecule has 3 aromatic carbocycles. The summed E-state index contributed by atoms with van der Waals surface area (Å²) in [6.07, 6.45) is -0.644. The number of nitrogens with one attached hydrogen (secondary N) is 1. The van der Waals surface area contributed by atoms with Crippen LogP contribution in [0.1, 0.15) is 0 Å². The Morgan fingerprint density at radius 3 is 2.46 bits per heavy atom. The zero-order valence-electron chi connectivity index (χ0n) is 19.9. The number of hydrogen-bond acceptors (Lipinski definition) is 7. The zero-order valence-corrected chi connectivity index (χ0v) is 19.9. The molecule has 1 saturated heterocycles. The molecule has 3 heterocycles. The van der Waals surface area contributed by atoms with Gasteiger partial charge in [-0.05, 0) is 54.6 Å². The average molecular weight is 506 g/mol. The van der Waals surface area contributed by atoms with E-state index in [1.807, 2.05) is 24.3 Å². The van der Waals surface area contributed by atoms with Crippen molar-refractivity contribution in [2.45, 2.75) is 6.10 Å². The Balaban J connectivity index is 1.000. The predicted octanol–water partition coefficient (Wildman–Crippen LogP) is 4.21. The van der Waals surface area contributed by atoms with Crippen LogP contribution in [0.15, 0.2) is 65.2 Å². The summed E-state index contributed by atoms with van der Waals surface area (Å²) in [5.74, 6) is 0.797. The highest BCUT2D eigenvalue weighted by molar-refractivity contribution is 5.91. The van der Waals surface area contributed by atoms with Gasteiger partial charge in [0, 0.05) is 55.1 Å². The number of hydrogen-bond donors (Lipinski definition) is 2. The number of halogens is 2. The molecule has 0 aliphatic carbocycles. The van der Waals surface area contributed by atoms with Crippen LogP contribution in [0.3, 0.4) is 0 Å². The number of β-amino-alcohol motifs (C(OH)–C–C–N with tert-alkyl or cyclic N) is 1. The minimum Gasteiger partial charge on any atom is -0.491 e. The van der Waals surface area contributed by atoms with Gasteiger partial charge in [-0.2, -0.15) is 5.10 Å². The smallest absolute Gasteiger partial charge is 0.170 e. The number of aliphatic hydroxyl groups is 1. The summed E-state index contributed by atoms with van der Waals surface area (Å²) in [7, 11) is 0. The van der Waals surface area contributed by atoms with Crippen LogP contribution in [-0.4, -0.2) is 70.8 Å². The van der Waals surface area contributed by atoms with Gasteiger partial charge in [-0.25, -0.2) is 8.78 Å². The standard InChI is InChI=1S/C27H25F2N5O3/c28-18-3-7-22-24(13-18)30-31-27(22)34-11-9-33(10-12-34)15-20(35)16-36-21-5-1-17(2-6-21)26-23-8-4-19(29)14-25(23)37-32-26/h1-8,13-14,20,35H,9-12,15-16H2,(H,30,31)/t20-/m1/s1. The quantitative estimate of drug-likeness (QED) is 0.342. The second kappa shape index (κ2) is 9.79. The van der Waals surface area contributed by atoms with Crippen LogP contribution in [0.4, 0.5) is 14.6 Å². The van der Waals surface area contributed by atoms with Gasteiger partial charge in [-0.1, -0.05) is 5.16 Å². The lowest BCUT2D eigenvalue weighted by molar-refractivity contribution is 0.0663. The van der Waals surface area contributed by atoms with Crippen LogP contribution in [0, 0.1) is 11.6 Å². The van der Waals surface area contributed by atoms with E-state index in [2.05, 4.69) is 25.2 Å². The maximum Gasteiger partial charge on any atom is 0.170 e. The van der Waals surface area contributed by atoms with Crippen molar-refractivity contribution in [3.63, 3.8) is 0 Å². The number of nitrogens with zero attached hydrogens (tertiary/aromatic N) is 4. The van der Waals surface area contributed by atoms with Crippen molar-refractivity contribution in [1.82, 2.24) is 20.3 Å². The molecule has 5 aromatic rings. The number of aromatic amines is 1. The normalized spacial score (nSPS) is 15.5. The van der Waals surface area contributed by atoms with Crippen LogP contribution in [0.2, 0.25) is 0 Å². The number of aliphatic hydroxyl groups excluding tert-OH is 1. The summed E-state index contributed by atoms with van der Waals surface area (Å²) >= 11 is 0. The third-order valence-electron chi connectivity index (χ3n) is 6.65. The Kier molecular flexibility index (Phi) is 6.19. The fourth-order valence-corrected chi connectivity index (χ4v) is 4.73. The molecule has 1 atom stereocenters. The van der Waals surface area contributed by atoms with Crippen LogP contribution >= 0.6 is 0 Å². The SMILES string of the molecule is O[C@@H](COc1ccc(-c2noc3cc(F)ccc23)cc1)CN1CCN(c2n[nH]c3cc(F)ccc23)CC1. The highest BCUT2D eigenvalue weighted by Crippen LogP contribution is 2.30. The van der Waals surface area contributed by atoms with Crippen LogP contribution < -0.4 is 9.64 Å². The highest BCUT2D eigenvalue weighted by atomic mass is 19.1. The molecule has 0 spiro atoms. The number of aromatic nitrogens is 3. The minimum absolute atomic E-state index is 0.168. The van der Waals surface area contributed by atoms with Crippen molar-refractivity contribution in [3.05, 3.63) is 72.3 Å². The van der Waals surface area contributed by atoms with Gasteiger partial charge in [0.1, 0.15) is 35.8 Å². The van der Waals surface area contributed by atoms with Gasteiger partial charge in [-0.3, -0.25) is 10.00 Å². The molecule has 0 unspecified atom stereocenters. The second-order valence-corrected chi connectivity index (χ2v) is 9.19. The summed E-state index contributed by atoms with van der Waals surface area (Å²) in [5, 5.41) is 23.5. The summed E-state index contributed by atoms with van der Waals surface area (Å²) in [6.45, 7) is 3.74. The molecular weight excluding hydrogens is 480 g/mol. The summed E-state index contributed by atoms with van der Waals surface area (Å²) in [5.41, 5.74) is 2.54. The van der Waals surface area contributed by atoms with Crippen molar-refractivity contribution in [1.29, 1.82) is 0 Å². The number of fused-ring (bicyclic) bond motifs is 2. The molecule has 1 aliphatic rings. The van der Waals surface area contributed by atoms with E-state index in [-0.39, 0.29) is 18.2 Å². The Morgan fingerprint density at radius 1 is 0.946 bits per heavy atom. The molecule has 1 fully saturated rings. The molecule has 0 bridgehead atoms. The molecule has 37 heavy (non-hydrogen) atoms. The minimum atomic E-state index is -0.644. The topological polar surface area (TPSA) is 90.7 Å². The molecule has 6 rings (SSSR count). The largest absolute Gasteiger partial charge is 0.491 e. The molecule has 0 amide bonds. The van der Waals surface area contributed by atoms with Gasteiger partial charge in [0.05, 0.1) is 5.52 Å². The van der Waals surface area contributed by atoms with E-state index in [0.717, 1.165) is 48.3 Å².